The standard InChI is InChI=1S/C13H19F3N4O/c1-5-20(8-10(21)19-12(2,3)4)11-17-7-6-9(18-11)13(14,15)16/h6-7H,5,8H2,1-4H3,(H,19,21). The number of hydrogen-bond donors (Lipinski definition) is 1. The first-order valence-corrected chi connectivity index (χ1v) is 6.49. The van der Waals surface area contributed by atoms with E-state index in [0.717, 1.165) is 12.3 Å². The molecule has 8 heteroatoms. The minimum atomic E-state index is -4.54. The van der Waals surface area contributed by atoms with Gasteiger partial charge in [0.15, 0.2) is 0 Å². The Labute approximate surface area is 121 Å². The summed E-state index contributed by atoms with van der Waals surface area (Å²) in [6, 6.07) is 0.798. The first-order chi connectivity index (χ1) is 9.53. The van der Waals surface area contributed by atoms with Gasteiger partial charge in [-0.2, -0.15) is 13.2 Å². The molecule has 21 heavy (non-hydrogen) atoms. The van der Waals surface area contributed by atoms with E-state index in [1.54, 1.807) is 6.92 Å². The number of nitrogens with one attached hydrogen (secondary N) is 1. The van der Waals surface area contributed by atoms with Crippen molar-refractivity contribution in [2.75, 3.05) is 18.0 Å². The molecule has 0 fully saturated rings. The predicted molar refractivity (Wildman–Crippen MR) is 72.8 cm³/mol. The Hall–Kier alpha value is -1.86. The Bertz CT molecular complexity index is 497. The van der Waals surface area contributed by atoms with Gasteiger partial charge in [0, 0.05) is 18.3 Å². The van der Waals surface area contributed by atoms with Gasteiger partial charge in [0.25, 0.3) is 0 Å². The highest BCUT2D eigenvalue weighted by Gasteiger charge is 2.33. The first kappa shape index (κ1) is 17.2. The van der Waals surface area contributed by atoms with E-state index in [-0.39, 0.29) is 18.4 Å². The minimum Gasteiger partial charge on any atom is -0.350 e. The van der Waals surface area contributed by atoms with Crippen molar-refractivity contribution < 1.29 is 18.0 Å². The molecule has 0 spiro atoms. The fraction of sp³-hybridized carbons (Fsp3) is 0.615. The molecule has 0 unspecified atom stereocenters. The van der Waals surface area contributed by atoms with E-state index >= 15 is 0 Å². The number of nitrogens with zero attached hydrogens (tertiary/aromatic N) is 3. The highest BCUT2D eigenvalue weighted by atomic mass is 19.4. The third-order valence-corrected chi connectivity index (χ3v) is 2.45. The molecule has 0 saturated heterocycles. The zero-order chi connectivity index (χ0) is 16.3. The molecule has 1 heterocycles. The van der Waals surface area contributed by atoms with Gasteiger partial charge < -0.3 is 10.2 Å². The van der Waals surface area contributed by atoms with E-state index in [0.29, 0.717) is 6.54 Å². The number of carbonyl (C=O) groups is 1. The van der Waals surface area contributed by atoms with Crippen LogP contribution < -0.4 is 10.2 Å². The molecule has 0 bridgehead atoms. The number of alkyl halides is 3. The second-order valence-corrected chi connectivity index (χ2v) is 5.55. The van der Waals surface area contributed by atoms with Crippen LogP contribution in [0.15, 0.2) is 12.3 Å². The van der Waals surface area contributed by atoms with Gasteiger partial charge >= 0.3 is 6.18 Å². The maximum absolute atomic E-state index is 12.6. The van der Waals surface area contributed by atoms with Crippen LogP contribution in [-0.2, 0) is 11.0 Å². The number of rotatable bonds is 4. The van der Waals surface area contributed by atoms with Gasteiger partial charge in [-0.15, -0.1) is 0 Å². The molecule has 0 atom stereocenters. The third-order valence-electron chi connectivity index (χ3n) is 2.45. The molecule has 1 N–H and O–H groups in total. The average molecular weight is 304 g/mol. The van der Waals surface area contributed by atoms with E-state index in [1.165, 1.54) is 4.90 Å². The fourth-order valence-electron chi connectivity index (χ4n) is 1.61. The summed E-state index contributed by atoms with van der Waals surface area (Å²) < 4.78 is 37.9. The van der Waals surface area contributed by atoms with E-state index in [1.807, 2.05) is 20.8 Å². The van der Waals surface area contributed by atoms with Crippen molar-refractivity contribution in [2.45, 2.75) is 39.4 Å². The summed E-state index contributed by atoms with van der Waals surface area (Å²) in [4.78, 5) is 20.5. The van der Waals surface area contributed by atoms with Crippen LogP contribution in [0.3, 0.4) is 0 Å². The largest absolute Gasteiger partial charge is 0.433 e. The number of aromatic nitrogens is 2. The summed E-state index contributed by atoms with van der Waals surface area (Å²) in [5.74, 6) is -0.415. The third kappa shape index (κ3) is 5.57. The summed E-state index contributed by atoms with van der Waals surface area (Å²) in [6.45, 7) is 7.40. The molecule has 0 aliphatic rings. The van der Waals surface area contributed by atoms with Crippen LogP contribution in [0.25, 0.3) is 0 Å². The Morgan fingerprint density at radius 2 is 1.95 bits per heavy atom. The second-order valence-electron chi connectivity index (χ2n) is 5.55. The summed E-state index contributed by atoms with van der Waals surface area (Å²) in [7, 11) is 0. The fourth-order valence-corrected chi connectivity index (χ4v) is 1.61. The molecular weight excluding hydrogens is 285 g/mol. The lowest BCUT2D eigenvalue weighted by Gasteiger charge is -2.25. The van der Waals surface area contributed by atoms with Gasteiger partial charge in [0.1, 0.15) is 5.69 Å². The van der Waals surface area contributed by atoms with Gasteiger partial charge in [-0.1, -0.05) is 0 Å². The summed E-state index contributed by atoms with van der Waals surface area (Å²) in [6.07, 6.45) is -3.50. The molecule has 0 aliphatic heterocycles. The number of amides is 1. The molecule has 5 nitrogen and oxygen atoms in total. The molecule has 1 aromatic heterocycles. The molecule has 1 rings (SSSR count). The summed E-state index contributed by atoms with van der Waals surface area (Å²) in [5, 5.41) is 2.74. The monoisotopic (exact) mass is 304 g/mol. The number of hydrogen-bond acceptors (Lipinski definition) is 4. The zero-order valence-electron chi connectivity index (χ0n) is 12.5. The van der Waals surface area contributed by atoms with Crippen LogP contribution in [0, 0.1) is 0 Å². The Balaban J connectivity index is 2.88. The molecule has 0 aromatic carbocycles. The Morgan fingerprint density at radius 1 is 1.33 bits per heavy atom. The van der Waals surface area contributed by atoms with Gasteiger partial charge in [-0.3, -0.25) is 4.79 Å². The van der Waals surface area contributed by atoms with E-state index in [2.05, 4.69) is 15.3 Å². The van der Waals surface area contributed by atoms with Gasteiger partial charge in [0.2, 0.25) is 11.9 Å². The van der Waals surface area contributed by atoms with Gasteiger partial charge in [0.05, 0.1) is 6.54 Å². The zero-order valence-corrected chi connectivity index (χ0v) is 12.5. The molecule has 0 aliphatic carbocycles. The van der Waals surface area contributed by atoms with Crippen molar-refractivity contribution in [3.8, 4) is 0 Å². The van der Waals surface area contributed by atoms with Crippen molar-refractivity contribution in [1.29, 1.82) is 0 Å². The van der Waals surface area contributed by atoms with Crippen molar-refractivity contribution in [1.82, 2.24) is 15.3 Å². The maximum Gasteiger partial charge on any atom is 0.433 e. The Kier molecular flexibility index (Phi) is 5.14. The highest BCUT2D eigenvalue weighted by Crippen LogP contribution is 2.28. The first-order valence-electron chi connectivity index (χ1n) is 6.49. The van der Waals surface area contributed by atoms with Crippen LogP contribution >= 0.6 is 0 Å². The lowest BCUT2D eigenvalue weighted by molar-refractivity contribution is -0.141. The topological polar surface area (TPSA) is 58.1 Å². The van der Waals surface area contributed by atoms with Crippen LogP contribution in [0.2, 0.25) is 0 Å². The van der Waals surface area contributed by atoms with Crippen molar-refractivity contribution in [2.24, 2.45) is 0 Å². The van der Waals surface area contributed by atoms with Gasteiger partial charge in [-0.25, -0.2) is 9.97 Å². The van der Waals surface area contributed by atoms with Crippen LogP contribution in [0.1, 0.15) is 33.4 Å². The lowest BCUT2D eigenvalue weighted by Crippen LogP contribution is -2.46. The second kappa shape index (κ2) is 6.28. The maximum atomic E-state index is 12.6. The summed E-state index contributed by atoms with van der Waals surface area (Å²) >= 11 is 0. The summed E-state index contributed by atoms with van der Waals surface area (Å²) in [5.41, 5.74) is -1.44. The van der Waals surface area contributed by atoms with E-state index in [4.69, 9.17) is 0 Å². The van der Waals surface area contributed by atoms with Crippen LogP contribution in [0.4, 0.5) is 19.1 Å². The van der Waals surface area contributed by atoms with Crippen molar-refractivity contribution in [3.63, 3.8) is 0 Å². The van der Waals surface area contributed by atoms with Crippen molar-refractivity contribution in [3.05, 3.63) is 18.0 Å². The Morgan fingerprint density at radius 3 is 2.43 bits per heavy atom. The van der Waals surface area contributed by atoms with Crippen molar-refractivity contribution >= 4 is 11.9 Å². The molecule has 1 aromatic rings. The van der Waals surface area contributed by atoms with E-state index < -0.39 is 17.4 Å². The van der Waals surface area contributed by atoms with Crippen LogP contribution in [0.5, 0.6) is 0 Å². The quantitative estimate of drug-likeness (QED) is 0.927. The molecule has 118 valence electrons. The molecule has 0 saturated carbocycles. The molecule has 0 radical (unpaired) electrons. The average Bonchev–Trinajstić information content (AvgIpc) is 2.33. The van der Waals surface area contributed by atoms with E-state index in [9.17, 15) is 18.0 Å². The highest BCUT2D eigenvalue weighted by molar-refractivity contribution is 5.81. The predicted octanol–water partition coefficient (Wildman–Crippen LogP) is 2.24. The van der Waals surface area contributed by atoms with Crippen LogP contribution in [-0.4, -0.2) is 34.5 Å². The molecular formula is C13H19F3N4O. The SMILES string of the molecule is CCN(CC(=O)NC(C)(C)C)c1nccc(C(F)(F)F)n1. The minimum absolute atomic E-state index is 0.102. The number of likely N-dealkylation sites (N-methyl/N-ethyl adjacent to an activating group) is 1. The number of anilines is 1. The lowest BCUT2D eigenvalue weighted by atomic mass is 10.1. The molecule has 1 amide bonds. The number of halogens is 3. The normalized spacial score (nSPS) is 12.1. The number of carbonyl (C=O) groups excluding carboxylic acids is 1. The van der Waals surface area contributed by atoms with Gasteiger partial charge in [-0.05, 0) is 33.8 Å². The smallest absolute Gasteiger partial charge is 0.350 e.